The van der Waals surface area contributed by atoms with Crippen LogP contribution in [0.4, 0.5) is 16.4 Å². The van der Waals surface area contributed by atoms with Gasteiger partial charge in [0.15, 0.2) is 0 Å². The number of alkyl carbamates (subject to hydrolysis) is 1. The maximum absolute atomic E-state index is 13.7. The summed E-state index contributed by atoms with van der Waals surface area (Å²) in [5, 5.41) is 13.1. The summed E-state index contributed by atoms with van der Waals surface area (Å²) in [5.74, 6) is 0.197. The van der Waals surface area contributed by atoms with Crippen LogP contribution < -0.4 is 26.4 Å². The van der Waals surface area contributed by atoms with Crippen LogP contribution in [0.3, 0.4) is 0 Å². The van der Waals surface area contributed by atoms with Crippen LogP contribution in [0.15, 0.2) is 36.5 Å². The van der Waals surface area contributed by atoms with Crippen molar-refractivity contribution in [3.05, 3.63) is 47.8 Å². The number of nitrogens with zero attached hydrogens (tertiary/aromatic N) is 5. The average molecular weight is 660 g/mol. The number of pyridine rings is 1. The van der Waals surface area contributed by atoms with Crippen LogP contribution in [0, 0.1) is 6.92 Å². The van der Waals surface area contributed by atoms with Crippen molar-refractivity contribution in [1.82, 2.24) is 29.6 Å². The monoisotopic (exact) mass is 659 g/mol. The van der Waals surface area contributed by atoms with E-state index in [1.54, 1.807) is 55.9 Å². The molecule has 14 heteroatoms. The summed E-state index contributed by atoms with van der Waals surface area (Å²) in [6.07, 6.45) is 5.13. The summed E-state index contributed by atoms with van der Waals surface area (Å²) < 4.78 is 15.2. The van der Waals surface area contributed by atoms with Gasteiger partial charge in [-0.15, -0.1) is 0 Å². The Labute approximate surface area is 279 Å². The van der Waals surface area contributed by atoms with Crippen molar-refractivity contribution in [3.8, 4) is 17.1 Å². The third kappa shape index (κ3) is 8.29. The number of aryl methyl sites for hydroxylation is 3. The van der Waals surface area contributed by atoms with Gasteiger partial charge in [-0.05, 0) is 97.0 Å². The number of carbonyl (C=O) groups is 3. The van der Waals surface area contributed by atoms with Gasteiger partial charge in [0.1, 0.15) is 11.6 Å². The quantitative estimate of drug-likeness (QED) is 0.200. The lowest BCUT2D eigenvalue weighted by atomic mass is 10.1. The van der Waals surface area contributed by atoms with Crippen molar-refractivity contribution >= 4 is 40.6 Å². The van der Waals surface area contributed by atoms with Gasteiger partial charge in [0.2, 0.25) is 17.7 Å². The molecule has 3 aromatic heterocycles. The fourth-order valence-electron chi connectivity index (χ4n) is 5.63. The lowest BCUT2D eigenvalue weighted by Gasteiger charge is -2.23. The van der Waals surface area contributed by atoms with Gasteiger partial charge >= 0.3 is 6.09 Å². The first-order chi connectivity index (χ1) is 22.9. The second kappa shape index (κ2) is 14.8. The maximum atomic E-state index is 13.7. The first-order valence-corrected chi connectivity index (χ1v) is 16.4. The lowest BCUT2D eigenvalue weighted by Crippen LogP contribution is -2.45. The van der Waals surface area contributed by atoms with Crippen molar-refractivity contribution in [2.75, 3.05) is 23.8 Å². The van der Waals surface area contributed by atoms with Gasteiger partial charge in [0.05, 0.1) is 40.8 Å². The van der Waals surface area contributed by atoms with Gasteiger partial charge in [-0.3, -0.25) is 19.9 Å². The molecule has 2 bridgehead atoms. The molecular formula is C34H45N9O5. The van der Waals surface area contributed by atoms with E-state index in [1.807, 2.05) is 24.6 Å². The number of ether oxygens (including phenoxy) is 2. The van der Waals surface area contributed by atoms with E-state index in [-0.39, 0.29) is 5.91 Å². The van der Waals surface area contributed by atoms with Gasteiger partial charge in [0.25, 0.3) is 5.91 Å². The maximum Gasteiger partial charge on any atom is 0.408 e. The van der Waals surface area contributed by atoms with Gasteiger partial charge in [-0.2, -0.15) is 5.10 Å². The summed E-state index contributed by atoms with van der Waals surface area (Å²) >= 11 is 0. The van der Waals surface area contributed by atoms with Crippen LogP contribution in [0.2, 0.25) is 0 Å². The molecule has 0 radical (unpaired) electrons. The van der Waals surface area contributed by atoms with Crippen LogP contribution in [0.1, 0.15) is 75.3 Å². The van der Waals surface area contributed by atoms with Crippen LogP contribution in [-0.2, 0) is 23.1 Å². The van der Waals surface area contributed by atoms with Crippen LogP contribution in [-0.4, -0.2) is 67.0 Å². The highest BCUT2D eigenvalue weighted by Crippen LogP contribution is 2.31. The predicted octanol–water partition coefficient (Wildman–Crippen LogP) is 4.92. The fourth-order valence-corrected chi connectivity index (χ4v) is 5.63. The molecule has 256 valence electrons. The van der Waals surface area contributed by atoms with E-state index in [4.69, 9.17) is 20.2 Å². The summed E-state index contributed by atoms with van der Waals surface area (Å²) in [7, 11) is 1.81. The first kappa shape index (κ1) is 34.4. The number of aromatic nitrogens is 5. The molecule has 0 saturated carbocycles. The number of rotatable bonds is 7. The third-order valence-corrected chi connectivity index (χ3v) is 7.85. The molecule has 0 spiro atoms. The molecule has 5 rings (SSSR count). The Kier molecular flexibility index (Phi) is 10.6. The number of unbranched alkanes of at least 4 members (excludes halogenated alkanes) is 1. The second-order valence-corrected chi connectivity index (χ2v) is 13.0. The third-order valence-electron chi connectivity index (χ3n) is 7.85. The van der Waals surface area contributed by atoms with Crippen molar-refractivity contribution in [2.24, 2.45) is 12.8 Å². The zero-order valence-corrected chi connectivity index (χ0v) is 28.3. The van der Waals surface area contributed by atoms with Crippen molar-refractivity contribution < 1.29 is 23.9 Å². The summed E-state index contributed by atoms with van der Waals surface area (Å²) in [6, 6.07) is 7.99. The summed E-state index contributed by atoms with van der Waals surface area (Å²) in [5.41, 5.74) is 9.09. The number of benzene rings is 1. The van der Waals surface area contributed by atoms with E-state index >= 15 is 0 Å². The zero-order valence-electron chi connectivity index (χ0n) is 28.3. The highest BCUT2D eigenvalue weighted by Gasteiger charge is 2.26. The number of nitrogens with two attached hydrogens (primary N) is 1. The second-order valence-electron chi connectivity index (χ2n) is 13.0. The number of imidazole rings is 1. The number of para-hydroxylation sites is 1. The van der Waals surface area contributed by atoms with Crippen LogP contribution in [0.25, 0.3) is 22.3 Å². The van der Waals surface area contributed by atoms with E-state index in [9.17, 15) is 14.4 Å². The molecule has 14 nitrogen and oxygen atoms in total. The number of carbonyl (C=O) groups excluding carboxylic acids is 3. The molecule has 4 aromatic rings. The SMILES string of the molecule is Cc1cc2cc(n1)-c1cnn(C)c1OCCCCCn1c(nc3cccc(NC(=O)C(CCCCN)NC(=O)OC(C)(C)C)c31)NC2=O. The number of nitrogens with one attached hydrogen (secondary N) is 3. The highest BCUT2D eigenvalue weighted by atomic mass is 16.6. The molecule has 0 fully saturated rings. The van der Waals surface area contributed by atoms with E-state index in [0.29, 0.717) is 90.0 Å². The van der Waals surface area contributed by atoms with Gasteiger partial charge in [0, 0.05) is 24.8 Å². The minimum Gasteiger partial charge on any atom is -0.477 e. The number of hydrogen-bond acceptors (Lipinski definition) is 9. The Morgan fingerprint density at radius 2 is 1.96 bits per heavy atom. The molecule has 0 aliphatic carbocycles. The lowest BCUT2D eigenvalue weighted by molar-refractivity contribution is -0.118. The summed E-state index contributed by atoms with van der Waals surface area (Å²) in [6.45, 7) is 8.60. The Hall–Kier alpha value is -4.98. The molecule has 5 N–H and O–H groups in total. The van der Waals surface area contributed by atoms with E-state index in [2.05, 4.69) is 26.0 Å². The molecule has 3 amide bonds. The normalized spacial score (nSPS) is 14.4. The largest absolute Gasteiger partial charge is 0.477 e. The van der Waals surface area contributed by atoms with Crippen molar-refractivity contribution in [2.45, 2.75) is 84.4 Å². The molecule has 0 saturated heterocycles. The fraction of sp³-hybridized carbons (Fsp3) is 0.471. The Morgan fingerprint density at radius 1 is 1.15 bits per heavy atom. The zero-order chi connectivity index (χ0) is 34.4. The van der Waals surface area contributed by atoms with Crippen LogP contribution >= 0.6 is 0 Å². The molecule has 1 atom stereocenters. The van der Waals surface area contributed by atoms with Gasteiger partial charge in [-0.25, -0.2) is 14.5 Å². The predicted molar refractivity (Wildman–Crippen MR) is 183 cm³/mol. The molecule has 48 heavy (non-hydrogen) atoms. The molecule has 1 aliphatic rings. The Balaban J connectivity index is 1.48. The standard InChI is InChI=1S/C34H45N9O5/c1-21-18-22-19-27(37-21)23-20-36-42(5)31(23)47-17-10-6-9-16-43-28-24(13-11-14-25(28)39-32(43)41-29(22)44)38-30(45)26(12-7-8-15-35)40-33(46)48-34(2,3)4/h11,13-14,18-20,26H,6-10,12,15-17,35H2,1-5H3,(H,38,45)(H,40,46)(H,39,41,44). The number of anilines is 2. The first-order valence-electron chi connectivity index (χ1n) is 16.4. The van der Waals surface area contributed by atoms with E-state index in [1.165, 1.54) is 0 Å². The summed E-state index contributed by atoms with van der Waals surface area (Å²) in [4.78, 5) is 49.5. The topological polar surface area (TPSA) is 180 Å². The molecule has 4 heterocycles. The van der Waals surface area contributed by atoms with Crippen molar-refractivity contribution in [3.63, 3.8) is 0 Å². The van der Waals surface area contributed by atoms with Gasteiger partial charge < -0.3 is 30.4 Å². The average Bonchev–Trinajstić information content (AvgIpc) is 3.56. The Bertz CT molecular complexity index is 1790. The molecular weight excluding hydrogens is 614 g/mol. The van der Waals surface area contributed by atoms with Crippen LogP contribution in [0.5, 0.6) is 5.88 Å². The molecule has 1 aliphatic heterocycles. The van der Waals surface area contributed by atoms with E-state index in [0.717, 1.165) is 19.3 Å². The van der Waals surface area contributed by atoms with Gasteiger partial charge in [-0.1, -0.05) is 6.07 Å². The van der Waals surface area contributed by atoms with Crippen molar-refractivity contribution in [1.29, 1.82) is 0 Å². The number of amides is 3. The Morgan fingerprint density at radius 3 is 2.73 bits per heavy atom. The van der Waals surface area contributed by atoms with E-state index < -0.39 is 23.6 Å². The molecule has 1 aromatic carbocycles. The molecule has 1 unspecified atom stereocenters. The highest BCUT2D eigenvalue weighted by molar-refractivity contribution is 6.07. The minimum absolute atomic E-state index is 0.354. The smallest absolute Gasteiger partial charge is 0.408 e. The minimum atomic E-state index is -0.852. The number of fused-ring (bicyclic) bond motifs is 7. The number of hydrogen-bond donors (Lipinski definition) is 4.